The van der Waals surface area contributed by atoms with Gasteiger partial charge in [-0.3, -0.25) is 5.32 Å². The van der Waals surface area contributed by atoms with Crippen molar-refractivity contribution in [2.24, 2.45) is 0 Å². The molecule has 1 aromatic carbocycles. The molecule has 92 valence electrons. The third-order valence-corrected chi connectivity index (χ3v) is 2.51. The van der Waals surface area contributed by atoms with Crippen molar-refractivity contribution >= 4 is 0 Å². The molecule has 0 radical (unpaired) electrons. The SMILES string of the molecule is CCCCNC(C#N)c1cccc(OCC)c1. The summed E-state index contributed by atoms with van der Waals surface area (Å²) in [5.41, 5.74) is 0.967. The van der Waals surface area contributed by atoms with E-state index < -0.39 is 0 Å². The first kappa shape index (κ1) is 13.5. The zero-order chi connectivity index (χ0) is 12.5. The lowest BCUT2D eigenvalue weighted by Gasteiger charge is -2.12. The number of rotatable bonds is 7. The summed E-state index contributed by atoms with van der Waals surface area (Å²) in [6.07, 6.45) is 2.22. The first-order chi connectivity index (χ1) is 8.31. The Labute approximate surface area is 103 Å². The molecular formula is C14H20N2O. The summed E-state index contributed by atoms with van der Waals surface area (Å²) in [4.78, 5) is 0. The number of nitrogens with one attached hydrogen (secondary N) is 1. The summed E-state index contributed by atoms with van der Waals surface area (Å²) in [7, 11) is 0. The molecule has 0 saturated heterocycles. The summed E-state index contributed by atoms with van der Waals surface area (Å²) >= 11 is 0. The third-order valence-electron chi connectivity index (χ3n) is 2.51. The van der Waals surface area contributed by atoms with Crippen LogP contribution in [0.15, 0.2) is 24.3 Å². The second kappa shape index (κ2) is 7.70. The highest BCUT2D eigenvalue weighted by atomic mass is 16.5. The number of hydrogen-bond donors (Lipinski definition) is 1. The minimum absolute atomic E-state index is 0.248. The van der Waals surface area contributed by atoms with E-state index >= 15 is 0 Å². The van der Waals surface area contributed by atoms with Crippen LogP contribution in [-0.4, -0.2) is 13.2 Å². The molecule has 1 N–H and O–H groups in total. The molecule has 0 fully saturated rings. The van der Waals surface area contributed by atoms with Crippen LogP contribution in [0.1, 0.15) is 38.3 Å². The van der Waals surface area contributed by atoms with Crippen molar-refractivity contribution in [3.05, 3.63) is 29.8 Å². The average Bonchev–Trinajstić information content (AvgIpc) is 2.35. The van der Waals surface area contributed by atoms with Crippen molar-refractivity contribution in [1.29, 1.82) is 5.26 Å². The van der Waals surface area contributed by atoms with Gasteiger partial charge >= 0.3 is 0 Å². The molecule has 0 aromatic heterocycles. The van der Waals surface area contributed by atoms with Gasteiger partial charge < -0.3 is 4.74 Å². The van der Waals surface area contributed by atoms with E-state index in [1.165, 1.54) is 0 Å². The lowest BCUT2D eigenvalue weighted by atomic mass is 10.1. The highest BCUT2D eigenvalue weighted by molar-refractivity contribution is 5.33. The maximum absolute atomic E-state index is 9.15. The van der Waals surface area contributed by atoms with Gasteiger partial charge in [-0.25, -0.2) is 0 Å². The molecule has 3 nitrogen and oxygen atoms in total. The number of unbranched alkanes of at least 4 members (excludes halogenated alkanes) is 1. The fourth-order valence-corrected chi connectivity index (χ4v) is 1.61. The average molecular weight is 232 g/mol. The summed E-state index contributed by atoms with van der Waals surface area (Å²) < 4.78 is 5.43. The van der Waals surface area contributed by atoms with E-state index in [2.05, 4.69) is 18.3 Å². The number of nitrogens with zero attached hydrogens (tertiary/aromatic N) is 1. The number of benzene rings is 1. The molecule has 0 aliphatic rings. The third kappa shape index (κ3) is 4.46. The molecule has 0 amide bonds. The first-order valence-corrected chi connectivity index (χ1v) is 6.17. The van der Waals surface area contributed by atoms with Crippen molar-refractivity contribution in [2.45, 2.75) is 32.7 Å². The van der Waals surface area contributed by atoms with E-state index in [-0.39, 0.29) is 6.04 Å². The van der Waals surface area contributed by atoms with Gasteiger partial charge in [0.1, 0.15) is 11.8 Å². The zero-order valence-corrected chi connectivity index (χ0v) is 10.6. The van der Waals surface area contributed by atoms with E-state index in [4.69, 9.17) is 10.00 Å². The Morgan fingerprint density at radius 1 is 1.41 bits per heavy atom. The summed E-state index contributed by atoms with van der Waals surface area (Å²) in [6.45, 7) is 5.60. The second-order valence-electron chi connectivity index (χ2n) is 3.88. The Balaban J connectivity index is 2.67. The molecule has 0 aliphatic carbocycles. The van der Waals surface area contributed by atoms with Crippen LogP contribution in [-0.2, 0) is 0 Å². The Hall–Kier alpha value is -1.53. The zero-order valence-electron chi connectivity index (χ0n) is 10.6. The van der Waals surface area contributed by atoms with Gasteiger partial charge in [0.25, 0.3) is 0 Å². The predicted molar refractivity (Wildman–Crippen MR) is 68.9 cm³/mol. The van der Waals surface area contributed by atoms with Crippen molar-refractivity contribution in [3.63, 3.8) is 0 Å². The van der Waals surface area contributed by atoms with Gasteiger partial charge in [0.2, 0.25) is 0 Å². The number of nitriles is 1. The Morgan fingerprint density at radius 3 is 2.88 bits per heavy atom. The van der Waals surface area contributed by atoms with Crippen LogP contribution < -0.4 is 10.1 Å². The van der Waals surface area contributed by atoms with E-state index in [0.717, 1.165) is 30.7 Å². The second-order valence-corrected chi connectivity index (χ2v) is 3.88. The molecule has 0 aliphatic heterocycles. The molecule has 0 bridgehead atoms. The molecule has 3 heteroatoms. The molecule has 0 spiro atoms. The number of hydrogen-bond acceptors (Lipinski definition) is 3. The molecule has 17 heavy (non-hydrogen) atoms. The van der Waals surface area contributed by atoms with Crippen LogP contribution in [0.2, 0.25) is 0 Å². The summed E-state index contributed by atoms with van der Waals surface area (Å²) in [5.74, 6) is 0.822. The van der Waals surface area contributed by atoms with Crippen molar-refractivity contribution in [2.75, 3.05) is 13.2 Å². The van der Waals surface area contributed by atoms with Gasteiger partial charge in [-0.15, -0.1) is 0 Å². The summed E-state index contributed by atoms with van der Waals surface area (Å²) in [5, 5.41) is 12.4. The van der Waals surface area contributed by atoms with E-state index in [9.17, 15) is 0 Å². The highest BCUT2D eigenvalue weighted by Gasteiger charge is 2.09. The van der Waals surface area contributed by atoms with E-state index in [1.54, 1.807) is 0 Å². The lowest BCUT2D eigenvalue weighted by Crippen LogP contribution is -2.21. The van der Waals surface area contributed by atoms with Gasteiger partial charge in [0, 0.05) is 0 Å². The van der Waals surface area contributed by atoms with Crippen LogP contribution in [0, 0.1) is 11.3 Å². The first-order valence-electron chi connectivity index (χ1n) is 6.17. The van der Waals surface area contributed by atoms with E-state index in [1.807, 2.05) is 31.2 Å². The minimum Gasteiger partial charge on any atom is -0.494 e. The van der Waals surface area contributed by atoms with Crippen molar-refractivity contribution in [3.8, 4) is 11.8 Å². The van der Waals surface area contributed by atoms with Crippen LogP contribution in [0.3, 0.4) is 0 Å². The quantitative estimate of drug-likeness (QED) is 0.735. The fraction of sp³-hybridized carbons (Fsp3) is 0.500. The van der Waals surface area contributed by atoms with Crippen LogP contribution in [0.4, 0.5) is 0 Å². The van der Waals surface area contributed by atoms with Crippen molar-refractivity contribution < 1.29 is 4.74 Å². The standard InChI is InChI=1S/C14H20N2O/c1-3-5-9-16-14(11-15)12-7-6-8-13(10-12)17-4-2/h6-8,10,14,16H,3-5,9H2,1-2H3. The smallest absolute Gasteiger partial charge is 0.121 e. The fourth-order valence-electron chi connectivity index (χ4n) is 1.61. The molecule has 0 saturated carbocycles. The highest BCUT2D eigenvalue weighted by Crippen LogP contribution is 2.19. The monoisotopic (exact) mass is 232 g/mol. The minimum atomic E-state index is -0.248. The van der Waals surface area contributed by atoms with Crippen molar-refractivity contribution in [1.82, 2.24) is 5.32 Å². The topological polar surface area (TPSA) is 45.0 Å². The van der Waals surface area contributed by atoms with Crippen LogP contribution in [0.5, 0.6) is 5.75 Å². The molecule has 1 aromatic rings. The van der Waals surface area contributed by atoms with E-state index in [0.29, 0.717) is 6.61 Å². The Kier molecular flexibility index (Phi) is 6.13. The van der Waals surface area contributed by atoms with Gasteiger partial charge in [0.15, 0.2) is 0 Å². The Morgan fingerprint density at radius 2 is 2.24 bits per heavy atom. The Bertz CT molecular complexity index is 371. The maximum Gasteiger partial charge on any atom is 0.121 e. The van der Waals surface area contributed by atoms with Crippen LogP contribution >= 0.6 is 0 Å². The van der Waals surface area contributed by atoms with Gasteiger partial charge in [0.05, 0.1) is 12.7 Å². The largest absolute Gasteiger partial charge is 0.494 e. The molecule has 1 rings (SSSR count). The summed E-state index contributed by atoms with van der Waals surface area (Å²) in [6, 6.07) is 9.75. The number of ether oxygens (including phenoxy) is 1. The molecule has 0 heterocycles. The van der Waals surface area contributed by atoms with Gasteiger partial charge in [-0.1, -0.05) is 25.5 Å². The maximum atomic E-state index is 9.15. The normalized spacial score (nSPS) is 11.8. The van der Waals surface area contributed by atoms with Crippen LogP contribution in [0.25, 0.3) is 0 Å². The molecule has 1 unspecified atom stereocenters. The molecular weight excluding hydrogens is 212 g/mol. The van der Waals surface area contributed by atoms with Gasteiger partial charge in [-0.2, -0.15) is 5.26 Å². The molecule has 1 atom stereocenters. The van der Waals surface area contributed by atoms with Gasteiger partial charge in [-0.05, 0) is 37.6 Å². The predicted octanol–water partition coefficient (Wildman–Crippen LogP) is 3.04. The lowest BCUT2D eigenvalue weighted by molar-refractivity contribution is 0.339.